The second kappa shape index (κ2) is 8.64. The quantitative estimate of drug-likeness (QED) is 0.724. The zero-order valence-electron chi connectivity index (χ0n) is 13.4. The Morgan fingerprint density at radius 1 is 1.30 bits per heavy atom. The van der Waals surface area contributed by atoms with Gasteiger partial charge in [-0.05, 0) is 24.9 Å². The molecule has 2 rings (SSSR count). The largest absolute Gasteiger partial charge is 0.395 e. The van der Waals surface area contributed by atoms with Gasteiger partial charge in [0.15, 0.2) is 0 Å². The maximum atomic E-state index is 12.6. The van der Waals surface area contributed by atoms with Gasteiger partial charge in [0.1, 0.15) is 0 Å². The lowest BCUT2D eigenvalue weighted by molar-refractivity contribution is -0.133. The molecule has 0 aliphatic carbocycles. The third kappa shape index (κ3) is 5.33. The van der Waals surface area contributed by atoms with Crippen molar-refractivity contribution < 1.29 is 14.7 Å². The van der Waals surface area contributed by atoms with Crippen molar-refractivity contribution in [2.24, 2.45) is 5.73 Å². The van der Waals surface area contributed by atoms with E-state index < -0.39 is 5.91 Å². The number of hydrogen-bond donors (Lipinski definition) is 2. The van der Waals surface area contributed by atoms with Gasteiger partial charge in [0.2, 0.25) is 11.8 Å². The molecule has 0 spiro atoms. The fraction of sp³-hybridized carbons (Fsp3) is 0.529. The predicted octanol–water partition coefficient (Wildman–Crippen LogP) is 0.347. The van der Waals surface area contributed by atoms with E-state index in [4.69, 9.17) is 5.73 Å². The van der Waals surface area contributed by atoms with Gasteiger partial charge in [-0.2, -0.15) is 0 Å². The molecule has 1 aromatic carbocycles. The van der Waals surface area contributed by atoms with Crippen LogP contribution >= 0.6 is 0 Å². The Labute approximate surface area is 136 Å². The summed E-state index contributed by atoms with van der Waals surface area (Å²) in [7, 11) is 0. The number of hydrogen-bond acceptors (Lipinski definition) is 4. The lowest BCUT2D eigenvalue weighted by atomic mass is 10.2. The third-order valence-corrected chi connectivity index (χ3v) is 4.25. The van der Waals surface area contributed by atoms with Gasteiger partial charge in [0, 0.05) is 25.6 Å². The van der Waals surface area contributed by atoms with Crippen molar-refractivity contribution in [3.05, 3.63) is 35.9 Å². The van der Waals surface area contributed by atoms with E-state index in [2.05, 4.69) is 0 Å². The molecule has 0 aromatic heterocycles. The topological polar surface area (TPSA) is 86.9 Å². The maximum Gasteiger partial charge on any atom is 0.237 e. The van der Waals surface area contributed by atoms with Crippen molar-refractivity contribution in [3.63, 3.8) is 0 Å². The monoisotopic (exact) mass is 319 g/mol. The van der Waals surface area contributed by atoms with Gasteiger partial charge in [-0.15, -0.1) is 0 Å². The summed E-state index contributed by atoms with van der Waals surface area (Å²) in [6.45, 7) is 1.96. The van der Waals surface area contributed by atoms with E-state index in [0.29, 0.717) is 13.1 Å². The van der Waals surface area contributed by atoms with Crippen LogP contribution in [0.25, 0.3) is 0 Å². The minimum atomic E-state index is -0.412. The predicted molar refractivity (Wildman–Crippen MR) is 87.4 cm³/mol. The molecule has 0 radical (unpaired) electrons. The normalized spacial score (nSPS) is 18.0. The second-order valence-corrected chi connectivity index (χ2v) is 5.97. The molecular formula is C17H25N3O3. The Morgan fingerprint density at radius 2 is 2.04 bits per heavy atom. The number of primary amides is 1. The standard InChI is InChI=1S/C17H25N3O3/c18-16(22)8-10-20(11-14-5-2-1-3-6-14)17(23)12-19-9-4-7-15(19)13-21/h1-3,5-6,15,21H,4,7-13H2,(H2,18,22)/t15-/m0/s1. The van der Waals surface area contributed by atoms with Crippen molar-refractivity contribution in [1.29, 1.82) is 0 Å². The zero-order valence-corrected chi connectivity index (χ0v) is 13.4. The summed E-state index contributed by atoms with van der Waals surface area (Å²) in [5.74, 6) is -0.444. The van der Waals surface area contributed by atoms with Crippen molar-refractivity contribution in [2.75, 3.05) is 26.2 Å². The van der Waals surface area contributed by atoms with E-state index in [-0.39, 0.29) is 31.5 Å². The molecule has 1 heterocycles. The fourth-order valence-electron chi connectivity index (χ4n) is 2.92. The van der Waals surface area contributed by atoms with Crippen LogP contribution in [0.4, 0.5) is 0 Å². The zero-order chi connectivity index (χ0) is 16.7. The van der Waals surface area contributed by atoms with Gasteiger partial charge in [-0.3, -0.25) is 14.5 Å². The number of aliphatic hydroxyl groups excluding tert-OH is 1. The summed E-state index contributed by atoms with van der Waals surface area (Å²) in [5, 5.41) is 9.37. The molecule has 6 heteroatoms. The third-order valence-electron chi connectivity index (χ3n) is 4.25. The first-order chi connectivity index (χ1) is 11.1. The fourth-order valence-corrected chi connectivity index (χ4v) is 2.92. The lowest BCUT2D eigenvalue weighted by Gasteiger charge is -2.27. The summed E-state index contributed by atoms with van der Waals surface area (Å²) >= 11 is 0. The molecule has 0 bridgehead atoms. The Bertz CT molecular complexity index is 521. The number of amides is 2. The molecule has 1 atom stereocenters. The molecule has 1 aliphatic heterocycles. The summed E-state index contributed by atoms with van der Waals surface area (Å²) in [6, 6.07) is 9.75. The molecule has 126 valence electrons. The Balaban J connectivity index is 1.99. The van der Waals surface area contributed by atoms with E-state index in [1.807, 2.05) is 35.2 Å². The highest BCUT2D eigenvalue weighted by molar-refractivity contribution is 5.79. The van der Waals surface area contributed by atoms with Crippen molar-refractivity contribution in [2.45, 2.75) is 31.8 Å². The first kappa shape index (κ1) is 17.4. The summed E-state index contributed by atoms with van der Waals surface area (Å²) in [4.78, 5) is 27.4. The number of likely N-dealkylation sites (tertiary alicyclic amines) is 1. The van der Waals surface area contributed by atoms with Gasteiger partial charge in [0.05, 0.1) is 13.2 Å². The molecule has 0 unspecified atom stereocenters. The Morgan fingerprint density at radius 3 is 2.70 bits per heavy atom. The molecule has 23 heavy (non-hydrogen) atoms. The van der Waals surface area contributed by atoms with Crippen LogP contribution in [0.15, 0.2) is 30.3 Å². The summed E-state index contributed by atoms with van der Waals surface area (Å²) in [6.07, 6.45) is 2.07. The SMILES string of the molecule is NC(=O)CCN(Cc1ccccc1)C(=O)CN1CCC[C@H]1CO. The molecule has 2 amide bonds. The van der Waals surface area contributed by atoms with Crippen LogP contribution in [0.1, 0.15) is 24.8 Å². The van der Waals surface area contributed by atoms with Crippen molar-refractivity contribution in [3.8, 4) is 0 Å². The number of nitrogens with zero attached hydrogens (tertiary/aromatic N) is 2. The molecular weight excluding hydrogens is 294 g/mol. The molecule has 1 aromatic rings. The van der Waals surface area contributed by atoms with Gasteiger partial charge < -0.3 is 15.7 Å². The second-order valence-electron chi connectivity index (χ2n) is 5.97. The van der Waals surface area contributed by atoms with E-state index in [9.17, 15) is 14.7 Å². The van der Waals surface area contributed by atoms with Crippen LogP contribution in [0, 0.1) is 0 Å². The van der Waals surface area contributed by atoms with Crippen LogP contribution in [0.2, 0.25) is 0 Å². The first-order valence-electron chi connectivity index (χ1n) is 8.05. The van der Waals surface area contributed by atoms with Gasteiger partial charge in [0.25, 0.3) is 0 Å². The molecule has 1 aliphatic rings. The van der Waals surface area contributed by atoms with E-state index in [1.165, 1.54) is 0 Å². The van der Waals surface area contributed by atoms with E-state index in [0.717, 1.165) is 24.9 Å². The minimum absolute atomic E-state index is 0.0320. The van der Waals surface area contributed by atoms with Crippen molar-refractivity contribution in [1.82, 2.24) is 9.80 Å². The molecule has 0 saturated carbocycles. The Kier molecular flexibility index (Phi) is 6.55. The van der Waals surface area contributed by atoms with Crippen LogP contribution in [0.3, 0.4) is 0 Å². The summed E-state index contributed by atoms with van der Waals surface area (Å²) in [5.41, 5.74) is 6.24. The number of carbonyl (C=O) groups excluding carboxylic acids is 2. The summed E-state index contributed by atoms with van der Waals surface area (Å²) < 4.78 is 0. The molecule has 3 N–H and O–H groups in total. The van der Waals surface area contributed by atoms with Crippen LogP contribution < -0.4 is 5.73 Å². The highest BCUT2D eigenvalue weighted by Crippen LogP contribution is 2.17. The maximum absolute atomic E-state index is 12.6. The van der Waals surface area contributed by atoms with Gasteiger partial charge in [-0.25, -0.2) is 0 Å². The van der Waals surface area contributed by atoms with Crippen LogP contribution in [-0.2, 0) is 16.1 Å². The van der Waals surface area contributed by atoms with Gasteiger partial charge >= 0.3 is 0 Å². The number of benzene rings is 1. The van der Waals surface area contributed by atoms with Gasteiger partial charge in [-0.1, -0.05) is 30.3 Å². The van der Waals surface area contributed by atoms with Crippen LogP contribution in [-0.4, -0.2) is 59.0 Å². The number of nitrogens with two attached hydrogens (primary N) is 1. The van der Waals surface area contributed by atoms with Crippen LogP contribution in [0.5, 0.6) is 0 Å². The van der Waals surface area contributed by atoms with E-state index >= 15 is 0 Å². The first-order valence-corrected chi connectivity index (χ1v) is 8.05. The highest BCUT2D eigenvalue weighted by Gasteiger charge is 2.27. The number of aliphatic hydroxyl groups is 1. The van der Waals surface area contributed by atoms with Crippen molar-refractivity contribution >= 4 is 11.8 Å². The highest BCUT2D eigenvalue weighted by atomic mass is 16.3. The molecule has 1 saturated heterocycles. The lowest BCUT2D eigenvalue weighted by Crippen LogP contribution is -2.43. The Hall–Kier alpha value is -1.92. The number of rotatable bonds is 8. The minimum Gasteiger partial charge on any atom is -0.395 e. The average Bonchev–Trinajstić information content (AvgIpc) is 2.99. The van der Waals surface area contributed by atoms with E-state index in [1.54, 1.807) is 4.90 Å². The smallest absolute Gasteiger partial charge is 0.237 e. The average molecular weight is 319 g/mol. The molecule has 6 nitrogen and oxygen atoms in total. The number of carbonyl (C=O) groups is 2. The molecule has 1 fully saturated rings.